The van der Waals surface area contributed by atoms with Gasteiger partial charge < -0.3 is 9.88 Å². The predicted molar refractivity (Wildman–Crippen MR) is 141 cm³/mol. The van der Waals surface area contributed by atoms with Gasteiger partial charge in [-0.2, -0.15) is 0 Å². The van der Waals surface area contributed by atoms with E-state index >= 15 is 0 Å². The average Bonchev–Trinajstić information content (AvgIpc) is 3.51. The lowest BCUT2D eigenvalue weighted by molar-refractivity contribution is -0.384. The summed E-state index contributed by atoms with van der Waals surface area (Å²) in [7, 11) is 1.65. The fourth-order valence-corrected chi connectivity index (χ4v) is 4.85. The maximum atomic E-state index is 13.0. The minimum absolute atomic E-state index is 0.0230. The molecule has 0 spiro atoms. The lowest BCUT2D eigenvalue weighted by Gasteiger charge is -2.17. The molecular formula is C26H22N6O3S. The quantitative estimate of drug-likeness (QED) is 0.183. The number of amides is 1. The molecule has 1 N–H and O–H groups in total. The Bertz CT molecular complexity index is 1570. The molecule has 0 aliphatic heterocycles. The zero-order valence-corrected chi connectivity index (χ0v) is 20.4. The van der Waals surface area contributed by atoms with E-state index in [-0.39, 0.29) is 17.3 Å². The van der Waals surface area contributed by atoms with Gasteiger partial charge in [0, 0.05) is 47.5 Å². The van der Waals surface area contributed by atoms with Gasteiger partial charge in [0.25, 0.3) is 5.69 Å². The van der Waals surface area contributed by atoms with Crippen molar-refractivity contribution < 1.29 is 9.72 Å². The van der Waals surface area contributed by atoms with E-state index in [1.54, 1.807) is 19.2 Å². The number of non-ortho nitro benzene ring substituents is 1. The van der Waals surface area contributed by atoms with E-state index in [0.717, 1.165) is 27.7 Å². The van der Waals surface area contributed by atoms with Crippen LogP contribution in [-0.2, 0) is 4.79 Å². The van der Waals surface area contributed by atoms with Crippen molar-refractivity contribution in [1.29, 1.82) is 0 Å². The Morgan fingerprint density at radius 1 is 1.06 bits per heavy atom. The Morgan fingerprint density at radius 2 is 1.78 bits per heavy atom. The van der Waals surface area contributed by atoms with Gasteiger partial charge in [-0.1, -0.05) is 48.2 Å². The molecule has 0 fully saturated rings. The lowest BCUT2D eigenvalue weighted by atomic mass is 10.1. The molecule has 0 aliphatic rings. The first-order valence-electron chi connectivity index (χ1n) is 11.2. The number of H-pyrrole nitrogens is 1. The molecule has 10 heteroatoms. The first-order chi connectivity index (χ1) is 17.4. The molecule has 36 heavy (non-hydrogen) atoms. The van der Waals surface area contributed by atoms with Crippen molar-refractivity contribution in [2.24, 2.45) is 0 Å². The van der Waals surface area contributed by atoms with Crippen molar-refractivity contribution in [3.8, 4) is 17.1 Å². The van der Waals surface area contributed by atoms with Crippen LogP contribution in [0.15, 0.2) is 84.1 Å². The highest BCUT2D eigenvalue weighted by Crippen LogP contribution is 2.33. The third-order valence-electron chi connectivity index (χ3n) is 5.97. The Hall–Kier alpha value is -4.44. The summed E-state index contributed by atoms with van der Waals surface area (Å²) in [6, 6.07) is 21.9. The summed E-state index contributed by atoms with van der Waals surface area (Å²) in [5, 5.41) is 21.5. The Labute approximate surface area is 210 Å². The van der Waals surface area contributed by atoms with Gasteiger partial charge in [-0.25, -0.2) is 0 Å². The van der Waals surface area contributed by atoms with Crippen LogP contribution in [0.4, 0.5) is 11.4 Å². The third kappa shape index (κ3) is 4.34. The highest BCUT2D eigenvalue weighted by molar-refractivity contribution is 7.99. The van der Waals surface area contributed by atoms with Crippen LogP contribution in [0, 0.1) is 17.0 Å². The molecule has 0 saturated carbocycles. The van der Waals surface area contributed by atoms with Crippen molar-refractivity contribution >= 4 is 39.9 Å². The number of carbonyl (C=O) groups is 1. The Balaban J connectivity index is 1.46. The van der Waals surface area contributed by atoms with Gasteiger partial charge >= 0.3 is 0 Å². The number of aromatic amines is 1. The Kier molecular flexibility index (Phi) is 6.26. The fourth-order valence-electron chi connectivity index (χ4n) is 3.99. The van der Waals surface area contributed by atoms with E-state index in [4.69, 9.17) is 0 Å². The number of hydrogen-bond donors (Lipinski definition) is 1. The molecule has 5 rings (SSSR count). The minimum Gasteiger partial charge on any atom is -0.360 e. The van der Waals surface area contributed by atoms with Gasteiger partial charge in [0.2, 0.25) is 5.91 Å². The summed E-state index contributed by atoms with van der Waals surface area (Å²) >= 11 is 1.29. The number of nitrogens with zero attached hydrogens (tertiary/aromatic N) is 5. The van der Waals surface area contributed by atoms with Crippen molar-refractivity contribution in [2.75, 3.05) is 17.7 Å². The largest absolute Gasteiger partial charge is 0.360 e. The maximum absolute atomic E-state index is 13.0. The number of aryl methyl sites for hydroxylation is 1. The molecule has 2 aromatic heterocycles. The molecular weight excluding hydrogens is 476 g/mol. The zero-order valence-electron chi connectivity index (χ0n) is 19.6. The second-order valence-electron chi connectivity index (χ2n) is 8.19. The normalized spacial score (nSPS) is 11.1. The monoisotopic (exact) mass is 498 g/mol. The summed E-state index contributed by atoms with van der Waals surface area (Å²) < 4.78 is 1.98. The van der Waals surface area contributed by atoms with Crippen LogP contribution in [0.5, 0.6) is 0 Å². The minimum atomic E-state index is -0.467. The van der Waals surface area contributed by atoms with Gasteiger partial charge in [0.15, 0.2) is 11.0 Å². The summed E-state index contributed by atoms with van der Waals surface area (Å²) in [4.78, 5) is 28.2. The van der Waals surface area contributed by atoms with E-state index < -0.39 is 4.92 Å². The predicted octanol–water partition coefficient (Wildman–Crippen LogP) is 5.39. The molecule has 180 valence electrons. The first-order valence-corrected chi connectivity index (χ1v) is 12.1. The molecule has 2 heterocycles. The molecule has 0 aliphatic carbocycles. The molecule has 0 saturated heterocycles. The Morgan fingerprint density at radius 3 is 2.53 bits per heavy atom. The molecule has 0 bridgehead atoms. The number of para-hydroxylation sites is 2. The smallest absolute Gasteiger partial charge is 0.269 e. The standard InChI is InChI=1S/C26H22N6O3S/c1-17-7-3-6-10-23(17)31-25(21-15-27-22-9-5-4-8-20(21)22)28-29-26(31)36-16-24(33)30(2)18-11-13-19(14-12-18)32(34)35/h3-15,27H,16H2,1-2H3. The van der Waals surface area contributed by atoms with Crippen LogP contribution in [0.3, 0.4) is 0 Å². The van der Waals surface area contributed by atoms with Crippen molar-refractivity contribution in [2.45, 2.75) is 12.1 Å². The van der Waals surface area contributed by atoms with Gasteiger partial charge in [-0.15, -0.1) is 10.2 Å². The topological polar surface area (TPSA) is 110 Å². The summed E-state index contributed by atoms with van der Waals surface area (Å²) in [6.45, 7) is 2.02. The van der Waals surface area contributed by atoms with Gasteiger partial charge in [-0.3, -0.25) is 19.5 Å². The van der Waals surface area contributed by atoms with E-state index in [1.807, 2.05) is 66.2 Å². The molecule has 1 amide bonds. The fraction of sp³-hybridized carbons (Fsp3) is 0.115. The number of nitrogens with one attached hydrogen (secondary N) is 1. The molecule has 3 aromatic carbocycles. The van der Waals surface area contributed by atoms with Crippen molar-refractivity contribution in [3.63, 3.8) is 0 Å². The SMILES string of the molecule is Cc1ccccc1-n1c(SCC(=O)N(C)c2ccc([N+](=O)[O-])cc2)nnc1-c1c[nH]c2ccccc12. The molecule has 0 atom stereocenters. The molecule has 5 aromatic rings. The highest BCUT2D eigenvalue weighted by Gasteiger charge is 2.21. The van der Waals surface area contributed by atoms with Crippen LogP contribution in [0.2, 0.25) is 0 Å². The lowest BCUT2D eigenvalue weighted by Crippen LogP contribution is -2.28. The van der Waals surface area contributed by atoms with Crippen molar-refractivity contribution in [1.82, 2.24) is 19.7 Å². The first kappa shape index (κ1) is 23.3. The summed E-state index contributed by atoms with van der Waals surface area (Å²) in [5.41, 5.74) is 4.45. The van der Waals surface area contributed by atoms with Gasteiger partial charge in [-0.05, 0) is 36.8 Å². The number of aromatic nitrogens is 4. The second-order valence-corrected chi connectivity index (χ2v) is 9.13. The average molecular weight is 499 g/mol. The number of benzene rings is 3. The molecule has 0 radical (unpaired) electrons. The second kappa shape index (κ2) is 9.67. The third-order valence-corrected chi connectivity index (χ3v) is 6.88. The van der Waals surface area contributed by atoms with Crippen LogP contribution < -0.4 is 4.90 Å². The number of carbonyl (C=O) groups excluding carboxylic acids is 1. The summed E-state index contributed by atoms with van der Waals surface area (Å²) in [5.74, 6) is 0.632. The number of rotatable bonds is 7. The number of anilines is 1. The number of hydrogen-bond acceptors (Lipinski definition) is 6. The van der Waals surface area contributed by atoms with Crippen molar-refractivity contribution in [3.05, 3.63) is 94.7 Å². The van der Waals surface area contributed by atoms with E-state index in [9.17, 15) is 14.9 Å². The zero-order chi connectivity index (χ0) is 25.2. The number of nitro benzene ring substituents is 1. The molecule has 0 unspecified atom stereocenters. The van der Waals surface area contributed by atoms with Gasteiger partial charge in [0.1, 0.15) is 0 Å². The van der Waals surface area contributed by atoms with Gasteiger partial charge in [0.05, 0.1) is 16.4 Å². The highest BCUT2D eigenvalue weighted by atomic mass is 32.2. The van der Waals surface area contributed by atoms with Crippen LogP contribution in [0.1, 0.15) is 5.56 Å². The van der Waals surface area contributed by atoms with Crippen LogP contribution in [0.25, 0.3) is 28.0 Å². The van der Waals surface area contributed by atoms with E-state index in [0.29, 0.717) is 16.7 Å². The maximum Gasteiger partial charge on any atom is 0.269 e. The number of fused-ring (bicyclic) bond motifs is 1. The number of nitro groups is 1. The number of thioether (sulfide) groups is 1. The summed E-state index contributed by atoms with van der Waals surface area (Å²) in [6.07, 6.45) is 1.92. The van der Waals surface area contributed by atoms with Crippen LogP contribution in [-0.4, -0.2) is 43.4 Å². The molecule has 9 nitrogen and oxygen atoms in total. The van der Waals surface area contributed by atoms with E-state index in [1.165, 1.54) is 28.8 Å². The van der Waals surface area contributed by atoms with E-state index in [2.05, 4.69) is 15.2 Å². The van der Waals surface area contributed by atoms with Crippen LogP contribution >= 0.6 is 11.8 Å².